The van der Waals surface area contributed by atoms with Crippen molar-refractivity contribution in [1.29, 1.82) is 0 Å². The standard InChI is InChI=1S/C15H21BrN4O/c1-10-12-13(16)19-14(20(12)8-7-18-10)11-3-5-15(21,6-4-11)9-17-2/h7-8,11,17,21H,3-6,9H2,1-2H3/t11-,15+. The van der Waals surface area contributed by atoms with E-state index in [4.69, 9.17) is 4.98 Å². The van der Waals surface area contributed by atoms with Crippen molar-refractivity contribution in [1.82, 2.24) is 19.7 Å². The van der Waals surface area contributed by atoms with Gasteiger partial charge in [-0.15, -0.1) is 0 Å². The number of rotatable bonds is 3. The van der Waals surface area contributed by atoms with Gasteiger partial charge in [-0.25, -0.2) is 4.98 Å². The zero-order valence-corrected chi connectivity index (χ0v) is 14.0. The first-order valence-electron chi connectivity index (χ1n) is 7.40. The van der Waals surface area contributed by atoms with Crippen LogP contribution in [0.15, 0.2) is 17.0 Å². The summed E-state index contributed by atoms with van der Waals surface area (Å²) in [6, 6.07) is 0. The molecule has 0 saturated heterocycles. The molecule has 0 bridgehead atoms. The predicted octanol–water partition coefficient (Wildman–Crippen LogP) is 2.41. The summed E-state index contributed by atoms with van der Waals surface area (Å²) in [5.74, 6) is 1.47. The molecule has 1 aliphatic rings. The molecule has 2 aromatic heterocycles. The van der Waals surface area contributed by atoms with Crippen molar-refractivity contribution in [2.75, 3.05) is 13.6 Å². The second-order valence-electron chi connectivity index (χ2n) is 6.02. The number of halogens is 1. The number of hydrogen-bond donors (Lipinski definition) is 2. The largest absolute Gasteiger partial charge is 0.389 e. The Morgan fingerprint density at radius 2 is 2.19 bits per heavy atom. The van der Waals surface area contributed by atoms with Gasteiger partial charge in [-0.1, -0.05) is 0 Å². The maximum absolute atomic E-state index is 10.5. The third-order valence-electron chi connectivity index (χ3n) is 4.51. The summed E-state index contributed by atoms with van der Waals surface area (Å²) in [7, 11) is 1.89. The van der Waals surface area contributed by atoms with Gasteiger partial charge in [0, 0.05) is 24.9 Å². The Kier molecular flexibility index (Phi) is 4.03. The molecule has 0 aliphatic heterocycles. The van der Waals surface area contributed by atoms with E-state index in [-0.39, 0.29) is 0 Å². The maximum atomic E-state index is 10.5. The molecule has 1 aliphatic carbocycles. The molecule has 1 fully saturated rings. The van der Waals surface area contributed by atoms with Crippen LogP contribution in [0.5, 0.6) is 0 Å². The van der Waals surface area contributed by atoms with Gasteiger partial charge < -0.3 is 10.4 Å². The van der Waals surface area contributed by atoms with Crippen molar-refractivity contribution in [2.24, 2.45) is 0 Å². The molecule has 0 atom stereocenters. The summed E-state index contributed by atoms with van der Waals surface area (Å²) < 4.78 is 3.00. The van der Waals surface area contributed by atoms with Gasteiger partial charge in [-0.3, -0.25) is 9.38 Å². The quantitative estimate of drug-likeness (QED) is 0.890. The first-order valence-corrected chi connectivity index (χ1v) is 8.19. The molecule has 0 radical (unpaired) electrons. The molecule has 21 heavy (non-hydrogen) atoms. The van der Waals surface area contributed by atoms with Crippen molar-refractivity contribution < 1.29 is 5.11 Å². The van der Waals surface area contributed by atoms with Crippen molar-refractivity contribution in [3.8, 4) is 0 Å². The van der Waals surface area contributed by atoms with Crippen LogP contribution in [0.25, 0.3) is 5.52 Å². The Morgan fingerprint density at radius 3 is 2.86 bits per heavy atom. The first-order chi connectivity index (χ1) is 10.0. The van der Waals surface area contributed by atoms with Crippen LogP contribution < -0.4 is 5.32 Å². The number of imidazole rings is 1. The molecule has 1 saturated carbocycles. The highest BCUT2D eigenvalue weighted by atomic mass is 79.9. The molecule has 2 heterocycles. The lowest BCUT2D eigenvalue weighted by Crippen LogP contribution is -2.42. The van der Waals surface area contributed by atoms with E-state index in [2.05, 4.69) is 30.6 Å². The van der Waals surface area contributed by atoms with E-state index < -0.39 is 5.60 Å². The summed E-state index contributed by atoms with van der Waals surface area (Å²) in [5, 5.41) is 13.6. The minimum atomic E-state index is -0.562. The van der Waals surface area contributed by atoms with Crippen LogP contribution in [0.3, 0.4) is 0 Å². The molecule has 2 N–H and O–H groups in total. The molecule has 2 aromatic rings. The van der Waals surface area contributed by atoms with E-state index in [1.54, 1.807) is 0 Å². The van der Waals surface area contributed by atoms with Gasteiger partial charge in [0.15, 0.2) is 0 Å². The molecular formula is C15H21BrN4O. The lowest BCUT2D eigenvalue weighted by molar-refractivity contribution is 0.000949. The van der Waals surface area contributed by atoms with E-state index in [1.165, 1.54) is 0 Å². The van der Waals surface area contributed by atoms with Gasteiger partial charge in [-0.05, 0) is 55.6 Å². The molecule has 0 unspecified atom stereocenters. The molecule has 0 spiro atoms. The molecule has 0 aromatic carbocycles. The number of nitrogens with zero attached hydrogens (tertiary/aromatic N) is 3. The normalized spacial score (nSPS) is 26.4. The number of aromatic nitrogens is 3. The van der Waals surface area contributed by atoms with Gasteiger partial charge in [0.25, 0.3) is 0 Å². The van der Waals surface area contributed by atoms with Crippen molar-refractivity contribution >= 4 is 21.4 Å². The molecular weight excluding hydrogens is 332 g/mol. The van der Waals surface area contributed by atoms with Gasteiger partial charge in [0.05, 0.1) is 11.3 Å². The van der Waals surface area contributed by atoms with Crippen LogP contribution >= 0.6 is 15.9 Å². The van der Waals surface area contributed by atoms with Crippen molar-refractivity contribution in [3.63, 3.8) is 0 Å². The number of hydrogen-bond acceptors (Lipinski definition) is 4. The van der Waals surface area contributed by atoms with Crippen molar-refractivity contribution in [3.05, 3.63) is 28.5 Å². The number of fused-ring (bicyclic) bond motifs is 1. The van der Waals surface area contributed by atoms with Crippen LogP contribution in [-0.2, 0) is 0 Å². The van der Waals surface area contributed by atoms with Gasteiger partial charge in [-0.2, -0.15) is 0 Å². The number of aliphatic hydroxyl groups is 1. The fourth-order valence-electron chi connectivity index (χ4n) is 3.38. The van der Waals surface area contributed by atoms with Crippen LogP contribution in [0, 0.1) is 6.92 Å². The molecule has 0 amide bonds. The van der Waals surface area contributed by atoms with E-state index in [9.17, 15) is 5.11 Å². The third-order valence-corrected chi connectivity index (χ3v) is 5.06. The molecule has 114 valence electrons. The fraction of sp³-hybridized carbons (Fsp3) is 0.600. The average Bonchev–Trinajstić information content (AvgIpc) is 2.78. The summed E-state index contributed by atoms with van der Waals surface area (Å²) in [5.41, 5.74) is 1.46. The zero-order valence-electron chi connectivity index (χ0n) is 12.4. The Morgan fingerprint density at radius 1 is 1.48 bits per heavy atom. The molecule has 6 heteroatoms. The Hall–Kier alpha value is -0.980. The third kappa shape index (κ3) is 2.72. The minimum Gasteiger partial charge on any atom is -0.389 e. The maximum Gasteiger partial charge on any atom is 0.134 e. The SMILES string of the molecule is CNC[C@]1(O)CC[C@@H](c2nc(Br)c3c(C)nccn32)CC1. The Balaban J connectivity index is 1.88. The highest BCUT2D eigenvalue weighted by molar-refractivity contribution is 9.10. The van der Waals surface area contributed by atoms with E-state index >= 15 is 0 Å². The van der Waals surface area contributed by atoms with Crippen LogP contribution in [0.1, 0.15) is 43.1 Å². The molecule has 5 nitrogen and oxygen atoms in total. The highest BCUT2D eigenvalue weighted by Crippen LogP contribution is 2.38. The van der Waals surface area contributed by atoms with Gasteiger partial charge >= 0.3 is 0 Å². The number of nitrogens with one attached hydrogen (secondary N) is 1. The average molecular weight is 353 g/mol. The summed E-state index contributed by atoms with van der Waals surface area (Å²) in [4.78, 5) is 9.05. The minimum absolute atomic E-state index is 0.391. The summed E-state index contributed by atoms with van der Waals surface area (Å²) >= 11 is 3.55. The summed E-state index contributed by atoms with van der Waals surface area (Å²) in [6.07, 6.45) is 7.35. The second-order valence-corrected chi connectivity index (χ2v) is 6.77. The zero-order chi connectivity index (χ0) is 15.0. The predicted molar refractivity (Wildman–Crippen MR) is 85.5 cm³/mol. The number of likely N-dealkylation sites (N-methyl/N-ethyl adjacent to an activating group) is 1. The van der Waals surface area contributed by atoms with E-state index in [0.29, 0.717) is 12.5 Å². The highest BCUT2D eigenvalue weighted by Gasteiger charge is 2.34. The Labute approximate surface area is 132 Å². The fourth-order valence-corrected chi connectivity index (χ4v) is 4.04. The lowest BCUT2D eigenvalue weighted by atomic mass is 9.78. The lowest BCUT2D eigenvalue weighted by Gasteiger charge is -2.35. The molecule has 3 rings (SSSR count). The van der Waals surface area contributed by atoms with Crippen LogP contribution in [0.4, 0.5) is 0 Å². The summed E-state index contributed by atoms with van der Waals surface area (Å²) in [6.45, 7) is 2.66. The second kappa shape index (κ2) is 5.66. The van der Waals surface area contributed by atoms with Gasteiger partial charge in [0.1, 0.15) is 15.9 Å². The number of aryl methyl sites for hydroxylation is 1. The van der Waals surface area contributed by atoms with Gasteiger partial charge in [0.2, 0.25) is 0 Å². The topological polar surface area (TPSA) is 62.5 Å². The van der Waals surface area contributed by atoms with Crippen LogP contribution in [-0.4, -0.2) is 38.7 Å². The van der Waals surface area contributed by atoms with E-state index in [0.717, 1.165) is 47.3 Å². The first kappa shape index (κ1) is 14.9. The Bertz CT molecular complexity index is 646. The van der Waals surface area contributed by atoms with Crippen LogP contribution in [0.2, 0.25) is 0 Å². The van der Waals surface area contributed by atoms with Crippen molar-refractivity contribution in [2.45, 2.75) is 44.1 Å². The smallest absolute Gasteiger partial charge is 0.134 e. The monoisotopic (exact) mass is 352 g/mol. The van der Waals surface area contributed by atoms with E-state index in [1.807, 2.05) is 26.4 Å².